The molecule has 0 amide bonds. The molecule has 0 radical (unpaired) electrons. The van der Waals surface area contributed by atoms with Crippen LogP contribution in [0.2, 0.25) is 36.3 Å². The number of Topliss-reactive ketones (excluding diaryl/α,β-unsaturated/α-hetero) is 1. The van der Waals surface area contributed by atoms with E-state index in [0.717, 1.165) is 17.3 Å². The van der Waals surface area contributed by atoms with Gasteiger partial charge in [0, 0.05) is 31.1 Å². The van der Waals surface area contributed by atoms with Gasteiger partial charge in [0.2, 0.25) is 0 Å². The molecule has 0 spiro atoms. The number of unbranched alkanes of at least 4 members (excludes halogenated alkanes) is 1. The summed E-state index contributed by atoms with van der Waals surface area (Å²) in [6.07, 6.45) is 9.96. The minimum atomic E-state index is -2.11. The number of hydrogen-bond donors (Lipinski definition) is 0. The van der Waals surface area contributed by atoms with Gasteiger partial charge in [0.25, 0.3) is 0 Å². The zero-order chi connectivity index (χ0) is 32.5. The average Bonchev–Trinajstić information content (AvgIpc) is 3.13. The molecule has 1 saturated carbocycles. The summed E-state index contributed by atoms with van der Waals surface area (Å²) in [5.41, 5.74) is 0. The van der Waals surface area contributed by atoms with Crippen molar-refractivity contribution in [3.63, 3.8) is 0 Å². The number of allylic oxidation sites excluding steroid dienone is 2. The molecule has 5 nitrogen and oxygen atoms in total. The summed E-state index contributed by atoms with van der Waals surface area (Å²) >= 11 is 3.74. The number of esters is 1. The maximum absolute atomic E-state index is 13.6. The second-order valence-corrected chi connectivity index (χ2v) is 25.5. The van der Waals surface area contributed by atoms with Gasteiger partial charge in [-0.15, -0.1) is 11.8 Å². The van der Waals surface area contributed by atoms with Crippen molar-refractivity contribution in [2.24, 2.45) is 17.8 Å². The van der Waals surface area contributed by atoms with Crippen LogP contribution in [0.25, 0.3) is 0 Å². The second-order valence-electron chi connectivity index (χ2n) is 14.9. The summed E-state index contributed by atoms with van der Waals surface area (Å²) in [6, 6.07) is 0. The van der Waals surface area contributed by atoms with E-state index in [4.69, 9.17) is 13.6 Å². The molecule has 8 heteroatoms. The summed E-state index contributed by atoms with van der Waals surface area (Å²) in [5.74, 6) is 6.34. The summed E-state index contributed by atoms with van der Waals surface area (Å²) < 4.78 is 19.6. The molecule has 42 heavy (non-hydrogen) atoms. The number of methoxy groups -OCH3 is 1. The summed E-state index contributed by atoms with van der Waals surface area (Å²) in [4.78, 5) is 25.0. The van der Waals surface area contributed by atoms with Gasteiger partial charge >= 0.3 is 5.97 Å². The lowest BCUT2D eigenvalue weighted by Crippen LogP contribution is -2.45. The third kappa shape index (κ3) is 11.8. The minimum Gasteiger partial charge on any atom is -0.469 e. The van der Waals surface area contributed by atoms with Gasteiger partial charge in [-0.05, 0) is 72.9 Å². The number of carbonyl (C=O) groups excluding carboxylic acids is 2. The van der Waals surface area contributed by atoms with E-state index in [-0.39, 0.29) is 51.8 Å². The number of rotatable bonds is 14. The van der Waals surface area contributed by atoms with Crippen LogP contribution in [0.1, 0.15) is 93.9 Å². The Kier molecular flexibility index (Phi) is 15.2. The normalized spacial score (nSPS) is 22.2. The quantitative estimate of drug-likeness (QED) is 0.0600. The van der Waals surface area contributed by atoms with Crippen LogP contribution in [-0.4, -0.2) is 47.7 Å². The van der Waals surface area contributed by atoms with Gasteiger partial charge in [-0.25, -0.2) is 0 Å². The van der Waals surface area contributed by atoms with E-state index in [1.165, 1.54) is 7.11 Å². The molecule has 1 aliphatic rings. The number of carbonyl (C=O) groups is 2. The summed E-state index contributed by atoms with van der Waals surface area (Å²) in [5, 5.41) is 0.127. The summed E-state index contributed by atoms with van der Waals surface area (Å²) in [6.45, 7) is 26.7. The van der Waals surface area contributed by atoms with Crippen LogP contribution < -0.4 is 0 Å². The largest absolute Gasteiger partial charge is 0.469 e. The maximum Gasteiger partial charge on any atom is 0.305 e. The highest BCUT2D eigenvalue weighted by molar-refractivity contribution is 9.11. The summed E-state index contributed by atoms with van der Waals surface area (Å²) in [7, 11) is -2.75. The highest BCUT2D eigenvalue weighted by Gasteiger charge is 2.47. The van der Waals surface area contributed by atoms with Crippen LogP contribution in [0.5, 0.6) is 0 Å². The van der Waals surface area contributed by atoms with Crippen LogP contribution in [0.15, 0.2) is 22.7 Å². The predicted molar refractivity (Wildman–Crippen MR) is 185 cm³/mol. The third-order valence-electron chi connectivity index (χ3n) is 9.48. The van der Waals surface area contributed by atoms with Gasteiger partial charge in [0.1, 0.15) is 5.78 Å². The smallest absolute Gasteiger partial charge is 0.305 e. The molecule has 5 atom stereocenters. The van der Waals surface area contributed by atoms with Crippen molar-refractivity contribution in [3.05, 3.63) is 22.7 Å². The predicted octanol–water partition coefficient (Wildman–Crippen LogP) is 9.59. The number of ketones is 1. The van der Waals surface area contributed by atoms with Gasteiger partial charge in [-0.1, -0.05) is 82.6 Å². The third-order valence-corrected chi connectivity index (χ3v) is 19.1. The zero-order valence-electron chi connectivity index (χ0n) is 28.8. The SMILES string of the molecule is CC#CC[C@H](C)[C@@H](/C=C/[C@H]1[C@H](O[Si](C)(C)C(C)(C)C)CC(=O)[C@@H]1CC(Br)=CCCCC(=O)OC)O[Si](C)(C)C(C)(C)C. The topological polar surface area (TPSA) is 61.8 Å². The molecule has 0 unspecified atom stereocenters. The first-order valence-corrected chi connectivity index (χ1v) is 22.2. The van der Waals surface area contributed by atoms with Crippen LogP contribution >= 0.6 is 15.9 Å². The van der Waals surface area contributed by atoms with Crippen molar-refractivity contribution < 1.29 is 23.2 Å². The maximum atomic E-state index is 13.6. The number of halogens is 1. The Morgan fingerprint density at radius 2 is 1.69 bits per heavy atom. The van der Waals surface area contributed by atoms with Gasteiger partial charge < -0.3 is 13.6 Å². The fourth-order valence-corrected chi connectivity index (χ4v) is 7.80. The van der Waals surface area contributed by atoms with Gasteiger partial charge in [-0.3, -0.25) is 9.59 Å². The van der Waals surface area contributed by atoms with Crippen LogP contribution in [0.3, 0.4) is 0 Å². The highest BCUT2D eigenvalue weighted by Crippen LogP contribution is 2.44. The molecule has 0 aromatic heterocycles. The molecule has 0 saturated heterocycles. The average molecular weight is 684 g/mol. The first-order chi connectivity index (χ1) is 19.2. The van der Waals surface area contributed by atoms with E-state index in [9.17, 15) is 9.59 Å². The van der Waals surface area contributed by atoms with Gasteiger partial charge in [0.15, 0.2) is 16.6 Å². The zero-order valence-corrected chi connectivity index (χ0v) is 32.4. The molecule has 1 fully saturated rings. The number of ether oxygens (including phenoxy) is 1. The molecule has 0 heterocycles. The van der Waals surface area contributed by atoms with E-state index in [0.29, 0.717) is 25.7 Å². The Morgan fingerprint density at radius 1 is 1.10 bits per heavy atom. The monoisotopic (exact) mass is 682 g/mol. The minimum absolute atomic E-state index is 0.0439. The Morgan fingerprint density at radius 3 is 2.21 bits per heavy atom. The lowest BCUT2D eigenvalue weighted by atomic mass is 9.89. The molecule has 0 N–H and O–H groups in total. The van der Waals surface area contributed by atoms with Crippen LogP contribution in [0.4, 0.5) is 0 Å². The van der Waals surface area contributed by atoms with Crippen molar-refractivity contribution in [1.82, 2.24) is 0 Å². The molecular weight excluding hydrogens is 624 g/mol. The van der Waals surface area contributed by atoms with Crippen LogP contribution in [-0.2, 0) is 23.2 Å². The lowest BCUT2D eigenvalue weighted by molar-refractivity contribution is -0.140. The van der Waals surface area contributed by atoms with Crippen LogP contribution in [0, 0.1) is 29.6 Å². The van der Waals surface area contributed by atoms with E-state index >= 15 is 0 Å². The first kappa shape index (κ1) is 39.0. The van der Waals surface area contributed by atoms with Gasteiger partial charge in [0.05, 0.1) is 19.3 Å². The van der Waals surface area contributed by atoms with E-state index in [2.05, 4.69) is 121 Å². The van der Waals surface area contributed by atoms with Crippen molar-refractivity contribution >= 4 is 44.3 Å². The Hall–Kier alpha value is -0.986. The van der Waals surface area contributed by atoms with Crippen molar-refractivity contribution in [2.75, 3.05) is 7.11 Å². The molecule has 0 aromatic rings. The van der Waals surface area contributed by atoms with Gasteiger partial charge in [-0.2, -0.15) is 0 Å². The van der Waals surface area contributed by atoms with Crippen molar-refractivity contribution in [2.45, 2.75) is 142 Å². The van der Waals surface area contributed by atoms with E-state index < -0.39 is 16.6 Å². The fourth-order valence-electron chi connectivity index (χ4n) is 4.52. The molecule has 0 aromatic carbocycles. The lowest BCUT2D eigenvalue weighted by Gasteiger charge is -2.40. The number of hydrogen-bond acceptors (Lipinski definition) is 5. The van der Waals surface area contributed by atoms with Crippen molar-refractivity contribution in [3.8, 4) is 11.8 Å². The fraction of sp³-hybridized carbons (Fsp3) is 0.765. The highest BCUT2D eigenvalue weighted by atomic mass is 79.9. The molecule has 240 valence electrons. The molecular formula is C34H59BrO5Si2. The first-order valence-electron chi connectivity index (χ1n) is 15.5. The Bertz CT molecular complexity index is 1020. The Labute approximate surface area is 268 Å². The molecule has 0 aliphatic heterocycles. The Balaban J connectivity index is 3.40. The van der Waals surface area contributed by atoms with Crippen molar-refractivity contribution in [1.29, 1.82) is 0 Å². The van der Waals surface area contributed by atoms with E-state index in [1.807, 2.05) is 6.92 Å². The molecule has 1 aliphatic carbocycles. The second kappa shape index (κ2) is 16.4. The molecule has 1 rings (SSSR count). The van der Waals surface area contributed by atoms with E-state index in [1.54, 1.807) is 0 Å². The standard InChI is InChI=1S/C34H59BrO5Si2/c1-14-15-18-25(2)30(39-41(10,11)33(3,4)5)22-21-27-28(23-26(35)19-16-17-20-32(37)38-9)29(36)24-31(27)40-42(12,13)34(6,7)8/h19,21-22,25,27-28,30-31H,16-18,20,23-24H2,1-13H3/b22-21+,26-19?/t25-,27+,28+,30+,31+/m0/s1. The molecule has 0 bridgehead atoms.